The zero-order valence-electron chi connectivity index (χ0n) is 17.2. The Balaban J connectivity index is 1.81. The molecule has 0 bridgehead atoms. The Kier molecular flexibility index (Phi) is 3.58. The topological polar surface area (TPSA) is 4.10 Å². The van der Waals surface area contributed by atoms with Gasteiger partial charge in [0.2, 0.25) is 16.6 Å². The first-order valence-electron chi connectivity index (χ1n) is 10.7. The lowest BCUT2D eigenvalue weighted by Crippen LogP contribution is -2.26. The minimum absolute atomic E-state index is 0.298. The largest absolute Gasteiger partial charge is 0.227 e. The van der Waals surface area contributed by atoms with Crippen LogP contribution in [0.2, 0.25) is 0 Å². The third-order valence-corrected chi connectivity index (χ3v) is 6.60. The second-order valence-electron chi connectivity index (χ2n) is 8.44. The third kappa shape index (κ3) is 2.52. The van der Waals surface area contributed by atoms with Gasteiger partial charge in [-0.05, 0) is 71.8 Å². The van der Waals surface area contributed by atoms with Gasteiger partial charge in [0.25, 0.3) is 0 Å². The van der Waals surface area contributed by atoms with E-state index in [1.54, 1.807) is 36.4 Å². The molecular formula is C29H15F3N+. The van der Waals surface area contributed by atoms with Gasteiger partial charge in [0.05, 0.1) is 21.5 Å². The molecule has 0 atom stereocenters. The molecular weight excluding hydrogens is 419 g/mol. The number of halogens is 3. The SMILES string of the molecule is Fc1ccc(-c2cc3c4ccc(F)cc4c4cccc5c6cc(F)ccc6c(c2)[n+]3c45)cc1. The molecule has 4 aromatic carbocycles. The smallest absolute Gasteiger partial charge is 0.207 e. The van der Waals surface area contributed by atoms with E-state index >= 15 is 0 Å². The first-order chi connectivity index (χ1) is 16.1. The van der Waals surface area contributed by atoms with Crippen molar-refractivity contribution in [3.63, 3.8) is 0 Å². The molecule has 0 radical (unpaired) electrons. The van der Waals surface area contributed by atoms with Gasteiger partial charge in [-0.1, -0.05) is 18.2 Å². The molecule has 0 unspecified atom stereocenters. The summed E-state index contributed by atoms with van der Waals surface area (Å²) in [5.41, 5.74) is 4.52. The Morgan fingerprint density at radius 3 is 1.48 bits per heavy atom. The van der Waals surface area contributed by atoms with Crippen molar-refractivity contribution in [3.8, 4) is 11.1 Å². The van der Waals surface area contributed by atoms with Crippen molar-refractivity contribution in [2.24, 2.45) is 0 Å². The number of hydrogen-bond acceptors (Lipinski definition) is 0. The van der Waals surface area contributed by atoms with Crippen LogP contribution in [0.4, 0.5) is 13.2 Å². The fourth-order valence-electron chi connectivity index (χ4n) is 5.19. The lowest BCUT2D eigenvalue weighted by Gasteiger charge is -2.13. The van der Waals surface area contributed by atoms with Crippen LogP contribution in [0.3, 0.4) is 0 Å². The normalized spacial score (nSPS) is 12.1. The lowest BCUT2D eigenvalue weighted by molar-refractivity contribution is -0.448. The molecule has 0 spiro atoms. The highest BCUT2D eigenvalue weighted by atomic mass is 19.1. The summed E-state index contributed by atoms with van der Waals surface area (Å²) in [6.45, 7) is 0. The summed E-state index contributed by atoms with van der Waals surface area (Å²) in [6, 6.07) is 26.0. The number of aromatic nitrogens is 1. The molecule has 0 fully saturated rings. The number of pyridine rings is 3. The first kappa shape index (κ1) is 18.4. The molecule has 7 rings (SSSR count). The molecule has 0 N–H and O–H groups in total. The maximum absolute atomic E-state index is 14.3. The summed E-state index contributed by atoms with van der Waals surface area (Å²) >= 11 is 0. The van der Waals surface area contributed by atoms with Gasteiger partial charge < -0.3 is 0 Å². The zero-order chi connectivity index (χ0) is 22.3. The van der Waals surface area contributed by atoms with E-state index < -0.39 is 0 Å². The van der Waals surface area contributed by atoms with Crippen LogP contribution in [-0.2, 0) is 0 Å². The Labute approximate surface area is 186 Å². The predicted octanol–water partition coefficient (Wildman–Crippen LogP) is 7.56. The van der Waals surface area contributed by atoms with E-state index in [1.807, 2.05) is 18.2 Å². The summed E-state index contributed by atoms with van der Waals surface area (Å²) in [6.07, 6.45) is 0. The van der Waals surface area contributed by atoms with Gasteiger partial charge in [0, 0.05) is 22.9 Å². The standard InChI is InChI=1S/C29H15F3N/c30-18-6-4-16(5-7-18)17-12-27-21-10-8-19(31)14-25(21)23-2-1-3-24-26-15-20(32)9-11-22(26)28(13-17)33(27)29(23)24/h1-15H/q+1. The van der Waals surface area contributed by atoms with Crippen molar-refractivity contribution in [1.29, 1.82) is 0 Å². The van der Waals surface area contributed by atoms with Gasteiger partial charge in [-0.15, -0.1) is 0 Å². The molecule has 0 saturated heterocycles. The number of fused-ring (bicyclic) bond motifs is 6. The van der Waals surface area contributed by atoms with Crippen LogP contribution in [0.15, 0.2) is 91.0 Å². The van der Waals surface area contributed by atoms with E-state index in [4.69, 9.17) is 0 Å². The molecule has 3 heterocycles. The Morgan fingerprint density at radius 2 is 0.939 bits per heavy atom. The minimum atomic E-state index is -0.308. The number of benzene rings is 4. The van der Waals surface area contributed by atoms with Crippen LogP contribution < -0.4 is 4.40 Å². The van der Waals surface area contributed by atoms with E-state index in [0.29, 0.717) is 0 Å². The van der Waals surface area contributed by atoms with E-state index in [9.17, 15) is 13.2 Å². The number of nitrogens with zero attached hydrogens (tertiary/aromatic N) is 1. The van der Waals surface area contributed by atoms with Gasteiger partial charge in [-0.25, -0.2) is 13.2 Å². The predicted molar refractivity (Wildman–Crippen MR) is 126 cm³/mol. The van der Waals surface area contributed by atoms with Crippen molar-refractivity contribution in [3.05, 3.63) is 108 Å². The molecule has 3 aromatic heterocycles. The number of hydrogen-bond donors (Lipinski definition) is 0. The quantitative estimate of drug-likeness (QED) is 0.143. The zero-order valence-corrected chi connectivity index (χ0v) is 17.2. The third-order valence-electron chi connectivity index (χ3n) is 6.60. The van der Waals surface area contributed by atoms with Gasteiger partial charge in [-0.2, -0.15) is 4.40 Å². The van der Waals surface area contributed by atoms with Gasteiger partial charge >= 0.3 is 0 Å². The van der Waals surface area contributed by atoms with Gasteiger partial charge in [0.1, 0.15) is 17.5 Å². The van der Waals surface area contributed by atoms with E-state index in [1.165, 1.54) is 24.3 Å². The van der Waals surface area contributed by atoms with Crippen LogP contribution in [0, 0.1) is 17.5 Å². The molecule has 0 aliphatic carbocycles. The van der Waals surface area contributed by atoms with Gasteiger partial charge in [-0.3, -0.25) is 0 Å². The van der Waals surface area contributed by atoms with Crippen molar-refractivity contribution in [2.75, 3.05) is 0 Å². The van der Waals surface area contributed by atoms with E-state index in [2.05, 4.69) is 16.5 Å². The lowest BCUT2D eigenvalue weighted by atomic mass is 9.95. The van der Waals surface area contributed by atoms with Crippen molar-refractivity contribution < 1.29 is 17.6 Å². The number of rotatable bonds is 1. The summed E-state index contributed by atoms with van der Waals surface area (Å²) in [5.74, 6) is -0.915. The maximum atomic E-state index is 14.3. The Hall–Kier alpha value is -4.18. The average Bonchev–Trinajstić information content (AvgIpc) is 2.83. The minimum Gasteiger partial charge on any atom is -0.207 e. The monoisotopic (exact) mass is 434 g/mol. The molecule has 1 nitrogen and oxygen atoms in total. The van der Waals surface area contributed by atoms with Crippen molar-refractivity contribution in [2.45, 2.75) is 0 Å². The molecule has 0 saturated carbocycles. The Morgan fingerprint density at radius 1 is 0.424 bits per heavy atom. The van der Waals surface area contributed by atoms with E-state index in [-0.39, 0.29) is 17.5 Å². The fraction of sp³-hybridized carbons (Fsp3) is 0. The maximum Gasteiger partial charge on any atom is 0.227 e. The van der Waals surface area contributed by atoms with Crippen LogP contribution >= 0.6 is 0 Å². The average molecular weight is 434 g/mol. The highest BCUT2D eigenvalue weighted by Gasteiger charge is 2.25. The summed E-state index contributed by atoms with van der Waals surface area (Å²) < 4.78 is 44.4. The molecule has 4 heteroatoms. The second-order valence-corrected chi connectivity index (χ2v) is 8.44. The fourth-order valence-corrected chi connectivity index (χ4v) is 5.19. The van der Waals surface area contributed by atoms with Crippen LogP contribution in [0.5, 0.6) is 0 Å². The summed E-state index contributed by atoms with van der Waals surface area (Å²) in [7, 11) is 0. The molecule has 33 heavy (non-hydrogen) atoms. The number of para-hydroxylation sites is 1. The van der Waals surface area contributed by atoms with Crippen LogP contribution in [0.25, 0.3) is 60.0 Å². The summed E-state index contributed by atoms with van der Waals surface area (Å²) in [5, 5.41) is 5.24. The van der Waals surface area contributed by atoms with Crippen molar-refractivity contribution in [1.82, 2.24) is 0 Å². The molecule has 7 aromatic rings. The molecule has 0 aliphatic rings. The highest BCUT2D eigenvalue weighted by Crippen LogP contribution is 2.37. The first-order valence-corrected chi connectivity index (χ1v) is 10.7. The second kappa shape index (κ2) is 6.42. The van der Waals surface area contributed by atoms with Crippen molar-refractivity contribution >= 4 is 48.9 Å². The molecule has 156 valence electrons. The molecule has 0 aliphatic heterocycles. The van der Waals surface area contributed by atoms with Crippen LogP contribution in [0.1, 0.15) is 0 Å². The van der Waals surface area contributed by atoms with Gasteiger partial charge in [0.15, 0.2) is 0 Å². The Bertz CT molecular complexity index is 1780. The van der Waals surface area contributed by atoms with E-state index in [0.717, 1.165) is 60.0 Å². The summed E-state index contributed by atoms with van der Waals surface area (Å²) in [4.78, 5) is 0. The molecule has 0 amide bonds. The highest BCUT2D eigenvalue weighted by molar-refractivity contribution is 6.21. The van der Waals surface area contributed by atoms with Crippen LogP contribution in [-0.4, -0.2) is 0 Å².